The van der Waals surface area contributed by atoms with Crippen molar-refractivity contribution in [3.8, 4) is 5.75 Å². The minimum absolute atomic E-state index is 0.206. The summed E-state index contributed by atoms with van der Waals surface area (Å²) in [4.78, 5) is 23.5. The van der Waals surface area contributed by atoms with Crippen LogP contribution < -0.4 is 15.4 Å². The first-order chi connectivity index (χ1) is 9.20. The Hall–Kier alpha value is -2.30. The molecule has 1 aliphatic rings. The molecule has 5 nitrogen and oxygen atoms in total. The van der Waals surface area contributed by atoms with Crippen LogP contribution in [0.15, 0.2) is 36.0 Å². The van der Waals surface area contributed by atoms with Crippen LogP contribution in [0.2, 0.25) is 0 Å². The zero-order valence-corrected chi connectivity index (χ0v) is 10.7. The maximum Gasteiger partial charge on any atom is 0.267 e. The average molecular weight is 260 g/mol. The highest BCUT2D eigenvalue weighted by Gasteiger charge is 2.15. The third-order valence-electron chi connectivity index (χ3n) is 2.70. The van der Waals surface area contributed by atoms with E-state index in [-0.39, 0.29) is 11.7 Å². The summed E-state index contributed by atoms with van der Waals surface area (Å²) in [5, 5.41) is 5.58. The summed E-state index contributed by atoms with van der Waals surface area (Å²) in [5.74, 6) is 0.272. The van der Waals surface area contributed by atoms with Crippen molar-refractivity contribution >= 4 is 11.7 Å². The van der Waals surface area contributed by atoms with E-state index in [4.69, 9.17) is 4.74 Å². The molecule has 1 saturated heterocycles. The Morgan fingerprint density at radius 1 is 1.26 bits per heavy atom. The quantitative estimate of drug-likeness (QED) is 0.622. The maximum absolute atomic E-state index is 12.0. The molecule has 19 heavy (non-hydrogen) atoms. The van der Waals surface area contributed by atoms with Crippen molar-refractivity contribution in [1.82, 2.24) is 10.6 Å². The number of hydrogen-bond acceptors (Lipinski definition) is 4. The summed E-state index contributed by atoms with van der Waals surface area (Å²) in [6.07, 6.45) is 1.32. The van der Waals surface area contributed by atoms with Crippen LogP contribution in [0.5, 0.6) is 5.75 Å². The third-order valence-corrected chi connectivity index (χ3v) is 2.70. The molecule has 0 spiro atoms. The molecule has 1 fully saturated rings. The summed E-state index contributed by atoms with van der Waals surface area (Å²) in [6.45, 7) is 3.69. The van der Waals surface area contributed by atoms with Crippen LogP contribution in [0, 0.1) is 0 Å². The van der Waals surface area contributed by atoms with Gasteiger partial charge in [0.05, 0.1) is 6.61 Å². The van der Waals surface area contributed by atoms with E-state index in [0.29, 0.717) is 31.0 Å². The van der Waals surface area contributed by atoms with Gasteiger partial charge in [-0.3, -0.25) is 9.59 Å². The van der Waals surface area contributed by atoms with Gasteiger partial charge in [-0.1, -0.05) is 0 Å². The zero-order valence-electron chi connectivity index (χ0n) is 10.7. The van der Waals surface area contributed by atoms with Gasteiger partial charge in [0.15, 0.2) is 5.78 Å². The van der Waals surface area contributed by atoms with Crippen LogP contribution in [0.1, 0.15) is 17.3 Å². The largest absolute Gasteiger partial charge is 0.494 e. The minimum atomic E-state index is -0.245. The number of piperazine rings is 1. The number of hydrogen-bond donors (Lipinski definition) is 2. The number of nitrogens with one attached hydrogen (secondary N) is 2. The molecule has 100 valence electrons. The predicted octanol–water partition coefficient (Wildman–Crippen LogP) is 0.871. The summed E-state index contributed by atoms with van der Waals surface area (Å²) in [7, 11) is 0. The van der Waals surface area contributed by atoms with Gasteiger partial charge in [0.25, 0.3) is 5.91 Å². The molecule has 1 aliphatic heterocycles. The minimum Gasteiger partial charge on any atom is -0.494 e. The second-order valence-electron chi connectivity index (χ2n) is 4.06. The Labute approximate surface area is 111 Å². The summed E-state index contributed by atoms with van der Waals surface area (Å²) in [5.41, 5.74) is 0.835. The van der Waals surface area contributed by atoms with E-state index in [1.54, 1.807) is 24.3 Å². The summed E-state index contributed by atoms with van der Waals surface area (Å²) >= 11 is 0. The first kappa shape index (κ1) is 13.1. The number of allylic oxidation sites excluding steroid dienone is 1. The molecule has 0 saturated carbocycles. The molecule has 1 aromatic rings. The maximum atomic E-state index is 12.0. The number of ketones is 1. The Morgan fingerprint density at radius 2 is 1.95 bits per heavy atom. The molecule has 5 heteroatoms. The van der Waals surface area contributed by atoms with Gasteiger partial charge in [-0.15, -0.1) is 0 Å². The van der Waals surface area contributed by atoms with Crippen molar-refractivity contribution in [3.63, 3.8) is 0 Å². The van der Waals surface area contributed by atoms with Crippen molar-refractivity contribution in [2.75, 3.05) is 19.7 Å². The first-order valence-electron chi connectivity index (χ1n) is 6.21. The SMILES string of the molecule is CCOc1ccc(C(=O)/C=C2/NCCNC2=O)cc1. The van der Waals surface area contributed by atoms with Crippen molar-refractivity contribution in [2.45, 2.75) is 6.92 Å². The van der Waals surface area contributed by atoms with Gasteiger partial charge in [0.2, 0.25) is 0 Å². The van der Waals surface area contributed by atoms with Crippen LogP contribution in [0.3, 0.4) is 0 Å². The fourth-order valence-corrected chi connectivity index (χ4v) is 1.76. The normalized spacial score (nSPS) is 16.7. The van der Waals surface area contributed by atoms with Crippen LogP contribution in [0.25, 0.3) is 0 Å². The van der Waals surface area contributed by atoms with Crippen LogP contribution in [0.4, 0.5) is 0 Å². The topological polar surface area (TPSA) is 67.4 Å². The highest BCUT2D eigenvalue weighted by molar-refractivity contribution is 6.09. The molecule has 2 N–H and O–H groups in total. The molecule has 1 amide bonds. The number of carbonyl (C=O) groups is 2. The van der Waals surface area contributed by atoms with Crippen molar-refractivity contribution in [2.24, 2.45) is 0 Å². The number of ether oxygens (including phenoxy) is 1. The molecular formula is C14H16N2O3. The molecule has 0 aliphatic carbocycles. The van der Waals surface area contributed by atoms with E-state index < -0.39 is 0 Å². The van der Waals surface area contributed by atoms with E-state index in [1.807, 2.05) is 6.92 Å². The molecule has 0 unspecified atom stereocenters. The predicted molar refractivity (Wildman–Crippen MR) is 71.0 cm³/mol. The number of benzene rings is 1. The van der Waals surface area contributed by atoms with Crippen molar-refractivity contribution in [1.29, 1.82) is 0 Å². The fourth-order valence-electron chi connectivity index (χ4n) is 1.76. The van der Waals surface area contributed by atoms with Gasteiger partial charge in [-0.25, -0.2) is 0 Å². The van der Waals surface area contributed by atoms with Gasteiger partial charge >= 0.3 is 0 Å². The van der Waals surface area contributed by atoms with Gasteiger partial charge < -0.3 is 15.4 Å². The lowest BCUT2D eigenvalue weighted by Crippen LogP contribution is -2.43. The lowest BCUT2D eigenvalue weighted by molar-refractivity contribution is -0.118. The highest BCUT2D eigenvalue weighted by Crippen LogP contribution is 2.13. The first-order valence-corrected chi connectivity index (χ1v) is 6.21. The highest BCUT2D eigenvalue weighted by atomic mass is 16.5. The molecule has 0 aromatic heterocycles. The van der Waals surface area contributed by atoms with E-state index in [2.05, 4.69) is 10.6 Å². The van der Waals surface area contributed by atoms with Crippen molar-refractivity contribution < 1.29 is 14.3 Å². The molecule has 1 aromatic carbocycles. The van der Waals surface area contributed by atoms with E-state index in [1.165, 1.54) is 6.08 Å². The third kappa shape index (κ3) is 3.34. The van der Waals surface area contributed by atoms with Crippen LogP contribution in [-0.4, -0.2) is 31.4 Å². The zero-order chi connectivity index (χ0) is 13.7. The second-order valence-corrected chi connectivity index (χ2v) is 4.06. The standard InChI is InChI=1S/C14H16N2O3/c1-2-19-11-5-3-10(4-6-11)13(17)9-12-14(18)16-8-7-15-12/h3-6,9,15H,2,7-8H2,1H3,(H,16,18)/b12-9+. The smallest absolute Gasteiger partial charge is 0.267 e. The fraction of sp³-hybridized carbons (Fsp3) is 0.286. The molecular weight excluding hydrogens is 244 g/mol. The van der Waals surface area contributed by atoms with Crippen molar-refractivity contribution in [3.05, 3.63) is 41.6 Å². The van der Waals surface area contributed by atoms with Gasteiger partial charge in [0.1, 0.15) is 11.4 Å². The molecule has 2 rings (SSSR count). The monoisotopic (exact) mass is 260 g/mol. The molecule has 0 atom stereocenters. The molecule has 0 bridgehead atoms. The number of rotatable bonds is 4. The Balaban J connectivity index is 2.10. The molecule has 0 radical (unpaired) electrons. The Kier molecular flexibility index (Phi) is 4.18. The van der Waals surface area contributed by atoms with Gasteiger partial charge in [-0.05, 0) is 31.2 Å². The van der Waals surface area contributed by atoms with E-state index in [0.717, 1.165) is 5.75 Å². The Bertz CT molecular complexity index is 506. The lowest BCUT2D eigenvalue weighted by Gasteiger charge is -2.16. The second kappa shape index (κ2) is 6.04. The number of carbonyl (C=O) groups excluding carboxylic acids is 2. The Morgan fingerprint density at radius 3 is 2.58 bits per heavy atom. The van der Waals surface area contributed by atoms with Gasteiger partial charge in [-0.2, -0.15) is 0 Å². The summed E-state index contributed by atoms with van der Waals surface area (Å²) in [6, 6.07) is 6.85. The van der Waals surface area contributed by atoms with Gasteiger partial charge in [0, 0.05) is 24.7 Å². The average Bonchev–Trinajstić information content (AvgIpc) is 2.42. The summed E-state index contributed by atoms with van der Waals surface area (Å²) < 4.78 is 5.30. The van der Waals surface area contributed by atoms with Crippen LogP contribution in [-0.2, 0) is 4.79 Å². The van der Waals surface area contributed by atoms with Crippen LogP contribution >= 0.6 is 0 Å². The van der Waals surface area contributed by atoms with E-state index >= 15 is 0 Å². The number of amides is 1. The lowest BCUT2D eigenvalue weighted by atomic mass is 10.1. The van der Waals surface area contributed by atoms with E-state index in [9.17, 15) is 9.59 Å². The molecule has 1 heterocycles.